The second-order valence-electron chi connectivity index (χ2n) is 12.5. The van der Waals surface area contributed by atoms with Gasteiger partial charge in [-0.2, -0.15) is 0 Å². The molecule has 248 valence electrons. The molecule has 1 aliphatic carbocycles. The molecule has 9 nitrogen and oxygen atoms in total. The fourth-order valence-corrected chi connectivity index (χ4v) is 7.57. The normalized spacial score (nSPS) is 18.8. The number of aliphatic hydroxyl groups is 1. The Morgan fingerprint density at radius 1 is 0.915 bits per heavy atom. The number of nitrogens with two attached hydrogens (primary N) is 1. The number of ketones is 1. The maximum Gasteiger partial charge on any atom is 0.200 e. The van der Waals surface area contributed by atoms with Crippen molar-refractivity contribution in [3.8, 4) is 28.7 Å². The van der Waals surface area contributed by atoms with Crippen LogP contribution in [-0.2, 0) is 29.5 Å². The van der Waals surface area contributed by atoms with Gasteiger partial charge in [-0.15, -0.1) is 0 Å². The molecule has 9 heteroatoms. The Hall–Kier alpha value is -4.76. The van der Waals surface area contributed by atoms with Crippen molar-refractivity contribution in [3.05, 3.63) is 101 Å². The number of aryl methyl sites for hydroxylation is 2. The van der Waals surface area contributed by atoms with Gasteiger partial charge in [-0.3, -0.25) is 4.79 Å². The summed E-state index contributed by atoms with van der Waals surface area (Å²) in [5.74, 6) is -0.644. The molecule has 1 aromatic heterocycles. The second-order valence-corrected chi connectivity index (χ2v) is 12.5. The van der Waals surface area contributed by atoms with E-state index in [2.05, 4.69) is 17.1 Å². The number of aromatic nitrogens is 1. The van der Waals surface area contributed by atoms with Crippen molar-refractivity contribution in [1.29, 1.82) is 0 Å². The molecule has 4 atom stereocenters. The molecule has 47 heavy (non-hydrogen) atoms. The standard InChI is InChI=1S/C38H44N2O7/c1-46-33-21-25(10-13-29(33)41)11-14-30(42)36(31(43)15-12-26-20-32(44)37(45)34(22-26)47-2)38(28-16-18-40-35(39)23-28)17-6-9-27(38)19-24-7-4-3-5-8-24/h3-5,7-8,10,13,16,18,20-23,27,30,36,41-42,44-45H,6,9,11-12,14-15,17,19H2,1-2H3,(H2,39,40). The number of pyridine rings is 1. The maximum atomic E-state index is 14.7. The molecule has 1 saturated carbocycles. The fourth-order valence-electron chi connectivity index (χ4n) is 7.57. The van der Waals surface area contributed by atoms with E-state index in [1.807, 2.05) is 30.3 Å². The molecular weight excluding hydrogens is 596 g/mol. The number of rotatable bonds is 14. The molecular formula is C38H44N2O7. The average molecular weight is 641 g/mol. The predicted octanol–water partition coefficient (Wildman–Crippen LogP) is 5.89. The number of carbonyl (C=O) groups is 1. The second kappa shape index (κ2) is 14.8. The zero-order valence-corrected chi connectivity index (χ0v) is 26.9. The van der Waals surface area contributed by atoms with Crippen molar-refractivity contribution >= 4 is 11.6 Å². The van der Waals surface area contributed by atoms with Gasteiger partial charge >= 0.3 is 0 Å². The molecule has 0 bridgehead atoms. The van der Waals surface area contributed by atoms with E-state index in [0.717, 1.165) is 36.0 Å². The molecule has 0 amide bonds. The van der Waals surface area contributed by atoms with Crippen molar-refractivity contribution in [2.24, 2.45) is 11.8 Å². The number of aromatic hydroxyl groups is 3. The summed E-state index contributed by atoms with van der Waals surface area (Å²) in [5.41, 5.74) is 9.09. The summed E-state index contributed by atoms with van der Waals surface area (Å²) in [7, 11) is 2.89. The van der Waals surface area contributed by atoms with Crippen molar-refractivity contribution in [2.75, 3.05) is 20.0 Å². The van der Waals surface area contributed by atoms with Crippen LogP contribution in [0.25, 0.3) is 0 Å². The SMILES string of the molecule is COc1cc(CCC(O)C(C(=O)CCc2cc(O)c(O)c(OC)c2)C2(c3ccnc(N)c3)CCCC2Cc2ccccc2)ccc1O. The first kappa shape index (κ1) is 33.6. The third kappa shape index (κ3) is 7.30. The number of methoxy groups -OCH3 is 2. The lowest BCUT2D eigenvalue weighted by atomic mass is 9.59. The number of hydrogen-bond acceptors (Lipinski definition) is 9. The van der Waals surface area contributed by atoms with Gasteiger partial charge in [0.1, 0.15) is 11.6 Å². The highest BCUT2D eigenvalue weighted by atomic mass is 16.5. The van der Waals surface area contributed by atoms with Crippen LogP contribution in [0.4, 0.5) is 5.82 Å². The smallest absolute Gasteiger partial charge is 0.200 e. The number of nitrogen functional groups attached to an aromatic ring is 1. The Morgan fingerprint density at radius 2 is 1.66 bits per heavy atom. The highest BCUT2D eigenvalue weighted by Crippen LogP contribution is 2.54. The molecule has 4 aromatic rings. The summed E-state index contributed by atoms with van der Waals surface area (Å²) in [6, 6.07) is 22.1. The number of hydrogen-bond donors (Lipinski definition) is 5. The summed E-state index contributed by atoms with van der Waals surface area (Å²) in [6.45, 7) is 0. The van der Waals surface area contributed by atoms with Crippen LogP contribution in [0.1, 0.15) is 54.4 Å². The number of carbonyl (C=O) groups excluding carboxylic acids is 1. The molecule has 5 rings (SSSR count). The zero-order chi connectivity index (χ0) is 33.6. The lowest BCUT2D eigenvalue weighted by Crippen LogP contribution is -2.49. The molecule has 1 heterocycles. The van der Waals surface area contributed by atoms with E-state index in [1.165, 1.54) is 20.3 Å². The molecule has 0 aliphatic heterocycles. The van der Waals surface area contributed by atoms with Crippen LogP contribution in [0.3, 0.4) is 0 Å². The van der Waals surface area contributed by atoms with Crippen molar-refractivity contribution in [3.63, 3.8) is 0 Å². The Balaban J connectivity index is 1.54. The molecule has 3 aromatic carbocycles. The summed E-state index contributed by atoms with van der Waals surface area (Å²) in [4.78, 5) is 18.9. The minimum absolute atomic E-state index is 0.0330. The maximum absolute atomic E-state index is 14.7. The van der Waals surface area contributed by atoms with Gasteiger partial charge in [-0.05, 0) is 103 Å². The molecule has 6 N–H and O–H groups in total. The van der Waals surface area contributed by atoms with Gasteiger partial charge in [0, 0.05) is 18.0 Å². The summed E-state index contributed by atoms with van der Waals surface area (Å²) < 4.78 is 10.5. The van der Waals surface area contributed by atoms with E-state index in [-0.39, 0.29) is 47.5 Å². The minimum atomic E-state index is -1.00. The number of phenols is 3. The van der Waals surface area contributed by atoms with Gasteiger partial charge < -0.3 is 35.6 Å². The highest BCUT2D eigenvalue weighted by molar-refractivity contribution is 5.84. The molecule has 0 spiro atoms. The fraction of sp³-hybridized carbons (Fsp3) is 0.368. The van der Waals surface area contributed by atoms with E-state index in [9.17, 15) is 25.2 Å². The number of aliphatic hydroxyl groups excluding tert-OH is 1. The number of benzene rings is 3. The topological polar surface area (TPSA) is 155 Å². The van der Waals surface area contributed by atoms with Gasteiger partial charge in [-0.1, -0.05) is 42.8 Å². The lowest BCUT2D eigenvalue weighted by Gasteiger charge is -2.45. The highest BCUT2D eigenvalue weighted by Gasteiger charge is 2.54. The van der Waals surface area contributed by atoms with Crippen LogP contribution in [0.2, 0.25) is 0 Å². The summed E-state index contributed by atoms with van der Waals surface area (Å²) >= 11 is 0. The van der Waals surface area contributed by atoms with Crippen LogP contribution < -0.4 is 15.2 Å². The Bertz CT molecular complexity index is 1680. The third-order valence-corrected chi connectivity index (χ3v) is 9.77. The van der Waals surface area contributed by atoms with Crippen LogP contribution in [0, 0.1) is 11.8 Å². The first-order chi connectivity index (χ1) is 22.7. The van der Waals surface area contributed by atoms with Gasteiger partial charge in [-0.25, -0.2) is 4.98 Å². The number of nitrogens with zero attached hydrogens (tertiary/aromatic N) is 1. The van der Waals surface area contributed by atoms with E-state index in [4.69, 9.17) is 15.2 Å². The Kier molecular flexibility index (Phi) is 10.6. The van der Waals surface area contributed by atoms with Gasteiger partial charge in [0.25, 0.3) is 0 Å². The van der Waals surface area contributed by atoms with Gasteiger partial charge in [0.2, 0.25) is 5.75 Å². The van der Waals surface area contributed by atoms with Crippen LogP contribution in [0.15, 0.2) is 79.0 Å². The first-order valence-corrected chi connectivity index (χ1v) is 16.1. The first-order valence-electron chi connectivity index (χ1n) is 16.1. The van der Waals surface area contributed by atoms with Gasteiger partial charge in [0.15, 0.2) is 23.0 Å². The quantitative estimate of drug-likeness (QED) is 0.106. The largest absolute Gasteiger partial charge is 0.504 e. The van der Waals surface area contributed by atoms with Crippen LogP contribution in [-0.4, -0.2) is 51.5 Å². The average Bonchev–Trinajstić information content (AvgIpc) is 3.48. The molecule has 1 aliphatic rings. The summed E-state index contributed by atoms with van der Waals surface area (Å²) in [5, 5.41) is 42.7. The number of Topliss-reactive ketones (excluding diaryl/α,β-unsaturated/α-hetero) is 1. The zero-order valence-electron chi connectivity index (χ0n) is 26.9. The van der Waals surface area contributed by atoms with E-state index < -0.39 is 17.4 Å². The monoisotopic (exact) mass is 640 g/mol. The summed E-state index contributed by atoms with van der Waals surface area (Å²) in [6.07, 6.45) is 5.01. The number of anilines is 1. The number of ether oxygens (including phenoxy) is 2. The number of phenolic OH excluding ortho intramolecular Hbond substituents is 3. The van der Waals surface area contributed by atoms with Crippen LogP contribution >= 0.6 is 0 Å². The van der Waals surface area contributed by atoms with E-state index in [0.29, 0.717) is 36.4 Å². The Labute approximate surface area is 275 Å². The van der Waals surface area contributed by atoms with E-state index >= 15 is 0 Å². The molecule has 0 saturated heterocycles. The van der Waals surface area contributed by atoms with Gasteiger partial charge in [0.05, 0.1) is 26.2 Å². The Morgan fingerprint density at radius 3 is 2.38 bits per heavy atom. The van der Waals surface area contributed by atoms with Crippen molar-refractivity contribution in [2.45, 2.75) is 62.9 Å². The molecule has 1 fully saturated rings. The van der Waals surface area contributed by atoms with Crippen LogP contribution in [0.5, 0.6) is 28.7 Å². The third-order valence-electron chi connectivity index (χ3n) is 9.77. The lowest BCUT2D eigenvalue weighted by molar-refractivity contribution is -0.131. The van der Waals surface area contributed by atoms with Crippen molar-refractivity contribution in [1.82, 2.24) is 4.98 Å². The minimum Gasteiger partial charge on any atom is -0.504 e. The molecule has 0 radical (unpaired) electrons. The van der Waals surface area contributed by atoms with E-state index in [1.54, 1.807) is 30.5 Å². The predicted molar refractivity (Wildman–Crippen MR) is 180 cm³/mol. The molecule has 4 unspecified atom stereocenters. The van der Waals surface area contributed by atoms with Crippen molar-refractivity contribution < 1.29 is 34.7 Å².